The summed E-state index contributed by atoms with van der Waals surface area (Å²) in [7, 11) is 0. The van der Waals surface area contributed by atoms with E-state index >= 15 is 0 Å². The van der Waals surface area contributed by atoms with Gasteiger partial charge in [0.1, 0.15) is 11.6 Å². The minimum atomic E-state index is -0.000331. The Bertz CT molecular complexity index is 444. The van der Waals surface area contributed by atoms with Crippen LogP contribution in [0.1, 0.15) is 96.5 Å². The van der Waals surface area contributed by atoms with Crippen LogP contribution in [0.15, 0.2) is 0 Å². The zero-order chi connectivity index (χ0) is 14.9. The predicted molar refractivity (Wildman–Crippen MR) is 86.2 cm³/mol. The maximum absolute atomic E-state index is 6.51. The van der Waals surface area contributed by atoms with Crippen molar-refractivity contribution in [1.82, 2.24) is 9.55 Å². The van der Waals surface area contributed by atoms with Crippen LogP contribution in [0, 0.1) is 0 Å². The lowest BCUT2D eigenvalue weighted by atomic mass is 9.96. The Morgan fingerprint density at radius 2 is 1.65 bits per heavy atom. The van der Waals surface area contributed by atoms with E-state index in [9.17, 15) is 0 Å². The highest BCUT2D eigenvalue weighted by molar-refractivity contribution is 5.42. The van der Waals surface area contributed by atoms with Crippen LogP contribution in [-0.4, -0.2) is 9.55 Å². The van der Waals surface area contributed by atoms with Gasteiger partial charge >= 0.3 is 0 Å². The first-order valence-corrected chi connectivity index (χ1v) is 8.21. The number of nitrogens with two attached hydrogens (primary N) is 1. The van der Waals surface area contributed by atoms with Crippen LogP contribution in [0.5, 0.6) is 0 Å². The first-order valence-electron chi connectivity index (χ1n) is 8.21. The van der Waals surface area contributed by atoms with Crippen molar-refractivity contribution in [3.8, 4) is 0 Å². The van der Waals surface area contributed by atoms with E-state index in [2.05, 4.69) is 39.2 Å². The molecule has 0 aliphatic heterocycles. The summed E-state index contributed by atoms with van der Waals surface area (Å²) >= 11 is 0. The standard InChI is InChI=1S/C17H31N3/c1-12(2)16-19-14(13-10-8-6-7-9-11-13)15(18)20(16)17(3,4)5/h12-13H,6-11,18H2,1-5H3. The van der Waals surface area contributed by atoms with Crippen molar-refractivity contribution in [2.45, 2.75) is 90.5 Å². The lowest BCUT2D eigenvalue weighted by Crippen LogP contribution is -2.26. The number of hydrogen-bond donors (Lipinski definition) is 1. The molecular formula is C17H31N3. The van der Waals surface area contributed by atoms with Crippen LogP contribution < -0.4 is 5.73 Å². The second kappa shape index (κ2) is 5.79. The monoisotopic (exact) mass is 277 g/mol. The topological polar surface area (TPSA) is 43.8 Å². The zero-order valence-electron chi connectivity index (χ0n) is 13.9. The van der Waals surface area contributed by atoms with Crippen LogP contribution in [0.2, 0.25) is 0 Å². The van der Waals surface area contributed by atoms with E-state index in [1.54, 1.807) is 0 Å². The number of anilines is 1. The highest BCUT2D eigenvalue weighted by atomic mass is 15.2. The summed E-state index contributed by atoms with van der Waals surface area (Å²) in [6.45, 7) is 11.1. The first kappa shape index (κ1) is 15.4. The fourth-order valence-electron chi connectivity index (χ4n) is 3.41. The van der Waals surface area contributed by atoms with Crippen LogP contribution in [0.25, 0.3) is 0 Å². The molecule has 3 nitrogen and oxygen atoms in total. The molecule has 1 aliphatic rings. The molecule has 3 heteroatoms. The molecule has 0 saturated heterocycles. The summed E-state index contributed by atoms with van der Waals surface area (Å²) in [5.41, 5.74) is 7.68. The van der Waals surface area contributed by atoms with Crippen LogP contribution in [-0.2, 0) is 5.54 Å². The SMILES string of the molecule is CC(C)c1nc(C2CCCCCC2)c(N)n1C(C)(C)C. The molecule has 0 unspecified atom stereocenters. The van der Waals surface area contributed by atoms with Crippen LogP contribution in [0.4, 0.5) is 5.82 Å². The smallest absolute Gasteiger partial charge is 0.127 e. The van der Waals surface area contributed by atoms with E-state index < -0.39 is 0 Å². The van der Waals surface area contributed by atoms with Crippen molar-refractivity contribution in [2.24, 2.45) is 0 Å². The number of imidazole rings is 1. The minimum Gasteiger partial charge on any atom is -0.384 e. The highest BCUT2D eigenvalue weighted by Gasteiger charge is 2.28. The van der Waals surface area contributed by atoms with Gasteiger partial charge in [0.15, 0.2) is 0 Å². The Labute approximate surface area is 124 Å². The van der Waals surface area contributed by atoms with Crippen LogP contribution in [0.3, 0.4) is 0 Å². The van der Waals surface area contributed by atoms with E-state index in [0.717, 1.165) is 11.6 Å². The van der Waals surface area contributed by atoms with Crippen molar-refractivity contribution in [3.63, 3.8) is 0 Å². The third kappa shape index (κ3) is 3.02. The summed E-state index contributed by atoms with van der Waals surface area (Å²) in [5, 5.41) is 0. The van der Waals surface area contributed by atoms with E-state index in [1.165, 1.54) is 44.2 Å². The quantitative estimate of drug-likeness (QED) is 0.790. The fourth-order valence-corrected chi connectivity index (χ4v) is 3.41. The molecule has 2 rings (SSSR count). The van der Waals surface area contributed by atoms with Gasteiger partial charge in [0.05, 0.1) is 5.69 Å². The van der Waals surface area contributed by atoms with E-state index in [0.29, 0.717) is 11.8 Å². The third-order valence-electron chi connectivity index (χ3n) is 4.40. The van der Waals surface area contributed by atoms with E-state index in [1.807, 2.05) is 0 Å². The summed E-state index contributed by atoms with van der Waals surface area (Å²) < 4.78 is 2.26. The lowest BCUT2D eigenvalue weighted by Gasteiger charge is -2.26. The van der Waals surface area contributed by atoms with Gasteiger partial charge in [0.25, 0.3) is 0 Å². The van der Waals surface area contributed by atoms with Gasteiger partial charge < -0.3 is 10.3 Å². The van der Waals surface area contributed by atoms with Crippen molar-refractivity contribution >= 4 is 5.82 Å². The van der Waals surface area contributed by atoms with Gasteiger partial charge in [0.2, 0.25) is 0 Å². The van der Waals surface area contributed by atoms with Gasteiger partial charge in [-0.2, -0.15) is 0 Å². The van der Waals surface area contributed by atoms with Gasteiger partial charge in [-0.3, -0.25) is 0 Å². The molecule has 114 valence electrons. The van der Waals surface area contributed by atoms with Gasteiger partial charge in [-0.1, -0.05) is 39.5 Å². The summed E-state index contributed by atoms with van der Waals surface area (Å²) in [6.07, 6.45) is 7.89. The van der Waals surface area contributed by atoms with Gasteiger partial charge in [-0.05, 0) is 33.6 Å². The van der Waals surface area contributed by atoms with Crippen LogP contribution >= 0.6 is 0 Å². The molecule has 1 fully saturated rings. The molecule has 0 spiro atoms. The number of hydrogen-bond acceptors (Lipinski definition) is 2. The molecule has 2 N–H and O–H groups in total. The minimum absolute atomic E-state index is 0.000331. The Morgan fingerprint density at radius 1 is 1.10 bits per heavy atom. The molecule has 0 bridgehead atoms. The van der Waals surface area contributed by atoms with E-state index in [-0.39, 0.29) is 5.54 Å². The Balaban J connectivity index is 2.44. The zero-order valence-corrected chi connectivity index (χ0v) is 13.9. The second-order valence-corrected chi connectivity index (χ2v) is 7.59. The summed E-state index contributed by atoms with van der Waals surface area (Å²) in [4.78, 5) is 4.98. The molecule has 0 atom stereocenters. The number of rotatable bonds is 2. The molecular weight excluding hydrogens is 246 g/mol. The molecule has 1 heterocycles. The van der Waals surface area contributed by atoms with Crippen molar-refractivity contribution in [3.05, 3.63) is 11.5 Å². The molecule has 1 saturated carbocycles. The molecule has 0 aromatic carbocycles. The average Bonchev–Trinajstić information content (AvgIpc) is 2.54. The Hall–Kier alpha value is -0.990. The molecule has 1 aromatic heterocycles. The summed E-state index contributed by atoms with van der Waals surface area (Å²) in [5.74, 6) is 3.04. The predicted octanol–water partition coefficient (Wildman–Crippen LogP) is 4.78. The molecule has 20 heavy (non-hydrogen) atoms. The van der Waals surface area contributed by atoms with Gasteiger partial charge in [-0.25, -0.2) is 4.98 Å². The van der Waals surface area contributed by atoms with Crippen molar-refractivity contribution in [2.75, 3.05) is 5.73 Å². The maximum Gasteiger partial charge on any atom is 0.127 e. The molecule has 0 radical (unpaired) electrons. The normalized spacial score (nSPS) is 18.5. The fraction of sp³-hybridized carbons (Fsp3) is 0.824. The maximum atomic E-state index is 6.51. The molecule has 1 aromatic rings. The van der Waals surface area contributed by atoms with Crippen molar-refractivity contribution in [1.29, 1.82) is 0 Å². The van der Waals surface area contributed by atoms with Crippen molar-refractivity contribution < 1.29 is 0 Å². The highest BCUT2D eigenvalue weighted by Crippen LogP contribution is 2.37. The molecule has 1 aliphatic carbocycles. The van der Waals surface area contributed by atoms with E-state index in [4.69, 9.17) is 10.7 Å². The number of aromatic nitrogens is 2. The Morgan fingerprint density at radius 3 is 2.05 bits per heavy atom. The third-order valence-corrected chi connectivity index (χ3v) is 4.40. The number of nitrogen functional groups attached to an aromatic ring is 1. The number of nitrogens with zero attached hydrogens (tertiary/aromatic N) is 2. The first-order chi connectivity index (χ1) is 9.32. The second-order valence-electron chi connectivity index (χ2n) is 7.59. The largest absolute Gasteiger partial charge is 0.384 e. The average molecular weight is 277 g/mol. The lowest BCUT2D eigenvalue weighted by molar-refractivity contribution is 0.382. The Kier molecular flexibility index (Phi) is 4.46. The molecule has 0 amide bonds. The van der Waals surface area contributed by atoms with Gasteiger partial charge in [-0.15, -0.1) is 0 Å². The van der Waals surface area contributed by atoms with Gasteiger partial charge in [0, 0.05) is 17.4 Å². The summed E-state index contributed by atoms with van der Waals surface area (Å²) in [6, 6.07) is 0.